The van der Waals surface area contributed by atoms with E-state index in [1.165, 1.54) is 58.2 Å². The molecule has 193 valence electrons. The van der Waals surface area contributed by atoms with Crippen molar-refractivity contribution < 1.29 is 30.0 Å². The number of aliphatic hydroxyl groups is 1. The van der Waals surface area contributed by atoms with E-state index in [9.17, 15) is 4.79 Å². The van der Waals surface area contributed by atoms with Gasteiger partial charge in [0.05, 0.1) is 16.9 Å². The van der Waals surface area contributed by atoms with Crippen LogP contribution in [0.3, 0.4) is 0 Å². The third-order valence-electron chi connectivity index (χ3n) is 6.54. The van der Waals surface area contributed by atoms with Gasteiger partial charge in [-0.1, -0.05) is 66.0 Å². The molecule has 0 unspecified atom stereocenters. The number of benzene rings is 3. The summed E-state index contributed by atoms with van der Waals surface area (Å²) in [6, 6.07) is 31.8. The summed E-state index contributed by atoms with van der Waals surface area (Å²) < 4.78 is 2.28. The minimum absolute atomic E-state index is 0. The van der Waals surface area contributed by atoms with Gasteiger partial charge in [-0.2, -0.15) is 0 Å². The zero-order chi connectivity index (χ0) is 26.2. The van der Waals surface area contributed by atoms with Crippen LogP contribution in [0.4, 0.5) is 0 Å². The van der Waals surface area contributed by atoms with E-state index < -0.39 is 0 Å². The van der Waals surface area contributed by atoms with Crippen molar-refractivity contribution in [2.75, 3.05) is 0 Å². The molecule has 0 aliphatic carbocycles. The fraction of sp³-hybridized carbons (Fsp3) is 0.0606. The monoisotopic (exact) mass is 687 g/mol. The van der Waals surface area contributed by atoms with Gasteiger partial charge in [-0.25, -0.2) is 0 Å². The molecular weight excluding hydrogens is 663 g/mol. The second kappa shape index (κ2) is 10.8. The Bertz CT molecular complexity index is 1960. The third kappa shape index (κ3) is 4.81. The van der Waals surface area contributed by atoms with Gasteiger partial charge < -0.3 is 19.5 Å². The van der Waals surface area contributed by atoms with Crippen LogP contribution in [0.25, 0.3) is 60.6 Å². The molecule has 0 saturated carbocycles. The van der Waals surface area contributed by atoms with E-state index in [0.717, 1.165) is 22.3 Å². The van der Waals surface area contributed by atoms with Crippen molar-refractivity contribution in [1.82, 2.24) is 14.4 Å². The molecule has 7 aromatic rings. The second-order valence-electron chi connectivity index (χ2n) is 9.27. The Morgan fingerprint density at radius 2 is 1.51 bits per heavy atom. The Morgan fingerprint density at radius 3 is 2.18 bits per heavy atom. The molecule has 4 aromatic heterocycles. The quantitative estimate of drug-likeness (QED) is 0.117. The molecule has 5 nitrogen and oxygen atoms in total. The fourth-order valence-corrected chi connectivity index (χ4v) is 5.05. The maximum Gasteiger partial charge on any atom is 0.155 e. The SMILES string of the molecule is CC(=O)/C=C(/C)O.[Ir].[c-]1nc2c(cc1-c1ccccn1)c1cc(-c3ccccc3)cc3c4ccccc4n2c31. The number of hydrogen-bond donors (Lipinski definition) is 1. The normalized spacial score (nSPS) is 11.5. The number of hydrogen-bond acceptors (Lipinski definition) is 4. The molecule has 7 rings (SSSR count). The maximum atomic E-state index is 10.0. The Labute approximate surface area is 239 Å². The van der Waals surface area contributed by atoms with Gasteiger partial charge in [-0.3, -0.25) is 4.79 Å². The molecule has 39 heavy (non-hydrogen) atoms. The summed E-state index contributed by atoms with van der Waals surface area (Å²) in [6.07, 6.45) is 6.20. The van der Waals surface area contributed by atoms with Gasteiger partial charge in [0.15, 0.2) is 5.78 Å². The van der Waals surface area contributed by atoms with Crippen LogP contribution in [0.15, 0.2) is 109 Å². The fourth-order valence-electron chi connectivity index (χ4n) is 5.05. The number of rotatable bonds is 3. The van der Waals surface area contributed by atoms with Crippen molar-refractivity contribution in [2.24, 2.45) is 0 Å². The standard InChI is InChI=1S/C28H16N3.C5H8O2.Ir/c1-2-8-18(9-3-1)19-14-22-21-10-4-5-12-26(21)31-27(22)23(15-19)24-16-20(17-30-28(24)31)25-11-6-7-13-29-25;1-4(6)3-5(2)7;/h1-16H;3,6H,1-2H3;/q-1;;/b;4-3-;. The summed E-state index contributed by atoms with van der Waals surface area (Å²) in [5, 5.41) is 13.2. The van der Waals surface area contributed by atoms with Gasteiger partial charge in [-0.05, 0) is 66.5 Å². The Hall–Kier alpha value is -4.38. The number of carbonyl (C=O) groups is 1. The zero-order valence-corrected chi connectivity index (χ0v) is 23.7. The van der Waals surface area contributed by atoms with E-state index in [-0.39, 0.29) is 31.6 Å². The topological polar surface area (TPSA) is 67.5 Å². The number of nitrogens with zero attached hydrogens (tertiary/aromatic N) is 3. The molecule has 6 heteroatoms. The number of fused-ring (bicyclic) bond motifs is 6. The molecule has 3 aromatic carbocycles. The molecule has 0 fully saturated rings. The first-order valence-electron chi connectivity index (χ1n) is 12.4. The van der Waals surface area contributed by atoms with Crippen molar-refractivity contribution in [2.45, 2.75) is 13.8 Å². The number of para-hydroxylation sites is 1. The molecule has 4 heterocycles. The van der Waals surface area contributed by atoms with Crippen molar-refractivity contribution >= 4 is 44.0 Å². The van der Waals surface area contributed by atoms with E-state index >= 15 is 0 Å². The average Bonchev–Trinajstić information content (AvgIpc) is 3.45. The zero-order valence-electron chi connectivity index (χ0n) is 21.3. The number of pyridine rings is 2. The van der Waals surface area contributed by atoms with E-state index in [1.54, 1.807) is 0 Å². The van der Waals surface area contributed by atoms with Gasteiger partial charge in [0.2, 0.25) is 0 Å². The number of aliphatic hydroxyl groups excluding tert-OH is 1. The predicted molar refractivity (Wildman–Crippen MR) is 153 cm³/mol. The first-order valence-corrected chi connectivity index (χ1v) is 12.4. The van der Waals surface area contributed by atoms with Gasteiger partial charge in [0.1, 0.15) is 0 Å². The molecule has 0 aliphatic heterocycles. The van der Waals surface area contributed by atoms with Crippen LogP contribution in [-0.4, -0.2) is 25.3 Å². The Kier molecular flexibility index (Phi) is 7.25. The van der Waals surface area contributed by atoms with Crippen LogP contribution < -0.4 is 0 Å². The largest absolute Gasteiger partial charge is 0.512 e. The summed E-state index contributed by atoms with van der Waals surface area (Å²) in [5.41, 5.74) is 7.55. The summed E-state index contributed by atoms with van der Waals surface area (Å²) >= 11 is 0. The molecule has 0 atom stereocenters. The van der Waals surface area contributed by atoms with E-state index in [2.05, 4.69) is 88.4 Å². The molecule has 0 aliphatic rings. The minimum atomic E-state index is -0.125. The van der Waals surface area contributed by atoms with Crippen molar-refractivity contribution in [1.29, 1.82) is 0 Å². The van der Waals surface area contributed by atoms with Gasteiger partial charge in [0.25, 0.3) is 0 Å². The van der Waals surface area contributed by atoms with Crippen LogP contribution in [0.1, 0.15) is 13.8 Å². The first kappa shape index (κ1) is 26.2. The second-order valence-corrected chi connectivity index (χ2v) is 9.27. The van der Waals surface area contributed by atoms with Crippen molar-refractivity contribution in [3.8, 4) is 22.4 Å². The number of carbonyl (C=O) groups excluding carboxylic acids is 1. The molecule has 1 N–H and O–H groups in total. The van der Waals surface area contributed by atoms with E-state index in [1.807, 2.05) is 24.4 Å². The molecule has 1 radical (unpaired) electrons. The maximum absolute atomic E-state index is 10.0. The van der Waals surface area contributed by atoms with E-state index in [0.29, 0.717) is 0 Å². The first-order chi connectivity index (χ1) is 18.5. The third-order valence-corrected chi connectivity index (χ3v) is 6.54. The van der Waals surface area contributed by atoms with Crippen molar-refractivity contribution in [3.63, 3.8) is 0 Å². The molecule has 0 spiro atoms. The smallest absolute Gasteiger partial charge is 0.155 e. The molecular formula is C33H24IrN3O2-. The van der Waals surface area contributed by atoms with Gasteiger partial charge in [0, 0.05) is 48.7 Å². The van der Waals surface area contributed by atoms with Crippen molar-refractivity contribution in [3.05, 3.63) is 115 Å². The summed E-state index contributed by atoms with van der Waals surface area (Å²) in [7, 11) is 0. The summed E-state index contributed by atoms with van der Waals surface area (Å²) in [6.45, 7) is 2.85. The van der Waals surface area contributed by atoms with Crippen LogP contribution in [0.5, 0.6) is 0 Å². The summed E-state index contributed by atoms with van der Waals surface area (Å²) in [5.74, 6) is -0.0625. The van der Waals surface area contributed by atoms with Crippen LogP contribution >= 0.6 is 0 Å². The molecule has 0 amide bonds. The predicted octanol–water partition coefficient (Wildman–Crippen LogP) is 7.80. The van der Waals surface area contributed by atoms with Crippen LogP contribution in [-0.2, 0) is 24.9 Å². The summed E-state index contributed by atoms with van der Waals surface area (Å²) in [4.78, 5) is 19.3. The Balaban J connectivity index is 0.000000345. The molecule has 0 saturated heterocycles. The average molecular weight is 687 g/mol. The van der Waals surface area contributed by atoms with E-state index in [4.69, 9.17) is 10.1 Å². The Morgan fingerprint density at radius 1 is 0.821 bits per heavy atom. The van der Waals surface area contributed by atoms with Gasteiger partial charge in [-0.15, -0.1) is 11.6 Å². The number of allylic oxidation sites excluding steroid dienone is 2. The van der Waals surface area contributed by atoms with Crippen LogP contribution in [0.2, 0.25) is 0 Å². The number of ketones is 1. The number of aromatic nitrogens is 3. The minimum Gasteiger partial charge on any atom is -0.512 e. The van der Waals surface area contributed by atoms with Gasteiger partial charge >= 0.3 is 0 Å². The molecule has 0 bridgehead atoms. The van der Waals surface area contributed by atoms with Crippen LogP contribution in [0, 0.1) is 6.20 Å².